The largest absolute Gasteiger partial charge is 0.466 e. The number of ether oxygens (including phenoxy) is 1. The van der Waals surface area contributed by atoms with E-state index in [0.29, 0.717) is 25.9 Å². The first-order valence-corrected chi connectivity index (χ1v) is 31.4. The van der Waals surface area contributed by atoms with E-state index in [-0.39, 0.29) is 18.5 Å². The summed E-state index contributed by atoms with van der Waals surface area (Å²) < 4.78 is 5.49. The third kappa shape index (κ3) is 57.0. The lowest BCUT2D eigenvalue weighted by atomic mass is 10.0. The molecule has 0 aromatic rings. The molecule has 0 aliphatic carbocycles. The van der Waals surface area contributed by atoms with E-state index >= 15 is 0 Å². The molecule has 0 radical (unpaired) electrons. The van der Waals surface area contributed by atoms with Gasteiger partial charge in [0.15, 0.2) is 0 Å². The number of rotatable bonds is 58. The number of carbonyl (C=O) groups excluding carboxylic acids is 2. The van der Waals surface area contributed by atoms with Gasteiger partial charge in [-0.05, 0) is 89.9 Å². The average Bonchev–Trinajstić information content (AvgIpc) is 3.37. The highest BCUT2D eigenvalue weighted by molar-refractivity contribution is 5.76. The Hall–Kier alpha value is -2.18. The lowest BCUT2D eigenvalue weighted by molar-refractivity contribution is -0.143. The van der Waals surface area contributed by atoms with Crippen molar-refractivity contribution in [1.29, 1.82) is 0 Å². The molecule has 0 heterocycles. The van der Waals surface area contributed by atoms with Crippen molar-refractivity contribution in [2.45, 2.75) is 341 Å². The molecule has 6 nitrogen and oxygen atoms in total. The Balaban J connectivity index is 3.42. The summed E-state index contributed by atoms with van der Waals surface area (Å²) >= 11 is 0. The summed E-state index contributed by atoms with van der Waals surface area (Å²) in [4.78, 5) is 24.5. The molecule has 0 aromatic carbocycles. The predicted molar refractivity (Wildman–Crippen MR) is 310 cm³/mol. The molecule has 6 heteroatoms. The molecule has 0 fully saturated rings. The maximum atomic E-state index is 12.4. The molecule has 71 heavy (non-hydrogen) atoms. The van der Waals surface area contributed by atoms with Gasteiger partial charge in [0.2, 0.25) is 5.91 Å². The molecule has 2 unspecified atom stereocenters. The van der Waals surface area contributed by atoms with Gasteiger partial charge in [-0.25, -0.2) is 0 Å². The standard InChI is InChI=1S/C65H121NO5/c1-3-5-7-9-11-13-15-16-17-18-29-32-35-39-43-47-51-55-59-65(70)71-60-56-52-48-44-40-36-33-30-27-25-23-21-19-20-22-24-26-28-31-34-38-42-46-50-54-58-64(69)66-62(61-67)63(68)57-53-49-45-41-37-14-12-10-8-6-4-2/h13,15,17-18,20-23,62-63,67-68H,3-12,14,16,19,24-61H2,1-2H3,(H,66,69)/b15-13-,18-17-,22-20-,23-21-. The van der Waals surface area contributed by atoms with E-state index in [1.807, 2.05) is 0 Å². The minimum absolute atomic E-state index is 0.00138. The smallest absolute Gasteiger partial charge is 0.305 e. The van der Waals surface area contributed by atoms with Crippen LogP contribution in [0.1, 0.15) is 328 Å². The summed E-state index contributed by atoms with van der Waals surface area (Å²) in [5.74, 6) is -0.0408. The fourth-order valence-corrected chi connectivity index (χ4v) is 9.52. The number of hydrogen-bond acceptors (Lipinski definition) is 5. The summed E-state index contributed by atoms with van der Waals surface area (Å²) in [6, 6.07) is -0.545. The fraction of sp³-hybridized carbons (Fsp3) is 0.846. The number of hydrogen-bond donors (Lipinski definition) is 3. The first-order valence-electron chi connectivity index (χ1n) is 31.4. The van der Waals surface area contributed by atoms with E-state index in [2.05, 4.69) is 67.8 Å². The SMILES string of the molecule is CCCCCC/C=C\C/C=C\CCCCCCCCCC(=O)OCCCCCCCCCCC/C=C\C/C=C\CCCCCCCCCCCC(=O)NC(CO)C(O)CCCCCCCCCCCCC. The van der Waals surface area contributed by atoms with Crippen molar-refractivity contribution in [2.24, 2.45) is 0 Å². The van der Waals surface area contributed by atoms with Crippen LogP contribution < -0.4 is 5.32 Å². The van der Waals surface area contributed by atoms with E-state index in [0.717, 1.165) is 57.8 Å². The van der Waals surface area contributed by atoms with Gasteiger partial charge in [0.05, 0.1) is 25.4 Å². The van der Waals surface area contributed by atoms with Gasteiger partial charge >= 0.3 is 5.97 Å². The van der Waals surface area contributed by atoms with E-state index in [4.69, 9.17) is 4.74 Å². The molecule has 0 aliphatic heterocycles. The molecule has 0 rings (SSSR count). The van der Waals surface area contributed by atoms with Crippen molar-refractivity contribution in [1.82, 2.24) is 5.32 Å². The molecule has 0 spiro atoms. The number of unbranched alkanes of at least 4 members (excludes halogenated alkanes) is 39. The van der Waals surface area contributed by atoms with E-state index in [1.54, 1.807) is 0 Å². The van der Waals surface area contributed by atoms with Crippen molar-refractivity contribution in [2.75, 3.05) is 13.2 Å². The highest BCUT2D eigenvalue weighted by atomic mass is 16.5. The van der Waals surface area contributed by atoms with Gasteiger partial charge in [0.1, 0.15) is 0 Å². The summed E-state index contributed by atoms with van der Waals surface area (Å²) in [6.45, 7) is 4.92. The Labute approximate surface area is 442 Å². The second-order valence-corrected chi connectivity index (χ2v) is 21.4. The summed E-state index contributed by atoms with van der Waals surface area (Å²) in [5, 5.41) is 23.2. The summed E-state index contributed by atoms with van der Waals surface area (Å²) in [7, 11) is 0. The van der Waals surface area contributed by atoms with Crippen LogP contribution in [0.15, 0.2) is 48.6 Å². The van der Waals surface area contributed by atoms with Crippen molar-refractivity contribution in [3.05, 3.63) is 48.6 Å². The van der Waals surface area contributed by atoms with Crippen LogP contribution in [0.5, 0.6) is 0 Å². The zero-order chi connectivity index (χ0) is 51.4. The van der Waals surface area contributed by atoms with Gasteiger partial charge in [-0.1, -0.05) is 274 Å². The Morgan fingerprint density at radius 3 is 1.08 bits per heavy atom. The van der Waals surface area contributed by atoms with Crippen molar-refractivity contribution in [3.63, 3.8) is 0 Å². The van der Waals surface area contributed by atoms with Crippen LogP contribution in [0.4, 0.5) is 0 Å². The molecule has 2 atom stereocenters. The van der Waals surface area contributed by atoms with Crippen LogP contribution in [0, 0.1) is 0 Å². The molecule has 0 aromatic heterocycles. The number of esters is 1. The van der Waals surface area contributed by atoms with E-state index in [9.17, 15) is 19.8 Å². The van der Waals surface area contributed by atoms with Gasteiger partial charge in [0, 0.05) is 12.8 Å². The molecule has 0 saturated carbocycles. The third-order valence-electron chi connectivity index (χ3n) is 14.4. The lowest BCUT2D eigenvalue weighted by Crippen LogP contribution is -2.45. The lowest BCUT2D eigenvalue weighted by Gasteiger charge is -2.22. The van der Waals surface area contributed by atoms with E-state index < -0.39 is 12.1 Å². The van der Waals surface area contributed by atoms with Crippen molar-refractivity contribution < 1.29 is 24.5 Å². The number of amides is 1. The van der Waals surface area contributed by atoms with E-state index in [1.165, 1.54) is 238 Å². The minimum Gasteiger partial charge on any atom is -0.466 e. The quantitative estimate of drug-likeness (QED) is 0.0321. The van der Waals surface area contributed by atoms with Crippen LogP contribution in [0.25, 0.3) is 0 Å². The normalized spacial score (nSPS) is 12.9. The second-order valence-electron chi connectivity index (χ2n) is 21.4. The maximum absolute atomic E-state index is 12.4. The fourth-order valence-electron chi connectivity index (χ4n) is 9.52. The molecule has 416 valence electrons. The Bertz CT molecular complexity index is 1190. The molecule has 1 amide bonds. The van der Waals surface area contributed by atoms with Crippen molar-refractivity contribution >= 4 is 11.9 Å². The number of aliphatic hydroxyl groups is 2. The maximum Gasteiger partial charge on any atom is 0.305 e. The number of aliphatic hydroxyl groups excluding tert-OH is 2. The zero-order valence-corrected chi connectivity index (χ0v) is 47.5. The van der Waals surface area contributed by atoms with Gasteiger partial charge in [-0.15, -0.1) is 0 Å². The van der Waals surface area contributed by atoms with Crippen molar-refractivity contribution in [3.8, 4) is 0 Å². The number of nitrogens with one attached hydrogen (secondary N) is 1. The molecular formula is C65H121NO5. The molecule has 0 aliphatic rings. The van der Waals surface area contributed by atoms with Crippen LogP contribution in [-0.2, 0) is 14.3 Å². The highest BCUT2D eigenvalue weighted by Crippen LogP contribution is 2.17. The van der Waals surface area contributed by atoms with Crippen LogP contribution in [-0.4, -0.2) is 47.4 Å². The Morgan fingerprint density at radius 2 is 0.704 bits per heavy atom. The van der Waals surface area contributed by atoms with Crippen LogP contribution in [0.2, 0.25) is 0 Å². The molecule has 3 N–H and O–H groups in total. The third-order valence-corrected chi connectivity index (χ3v) is 14.4. The van der Waals surface area contributed by atoms with Crippen LogP contribution >= 0.6 is 0 Å². The first-order chi connectivity index (χ1) is 35.0. The molecular weight excluding hydrogens is 875 g/mol. The minimum atomic E-state index is -0.667. The Kier molecular flexibility index (Phi) is 58.5. The second kappa shape index (κ2) is 60.4. The monoisotopic (exact) mass is 996 g/mol. The van der Waals surface area contributed by atoms with Gasteiger partial charge in [-0.3, -0.25) is 9.59 Å². The number of allylic oxidation sites excluding steroid dienone is 8. The summed E-state index contributed by atoms with van der Waals surface area (Å²) in [5.41, 5.74) is 0. The predicted octanol–water partition coefficient (Wildman–Crippen LogP) is 19.7. The average molecular weight is 997 g/mol. The van der Waals surface area contributed by atoms with Crippen LogP contribution in [0.3, 0.4) is 0 Å². The van der Waals surface area contributed by atoms with Gasteiger partial charge in [0.25, 0.3) is 0 Å². The van der Waals surface area contributed by atoms with Gasteiger partial charge < -0.3 is 20.3 Å². The molecule has 0 saturated heterocycles. The summed E-state index contributed by atoms with van der Waals surface area (Å²) in [6.07, 6.45) is 77.0. The Morgan fingerprint density at radius 1 is 0.394 bits per heavy atom. The highest BCUT2D eigenvalue weighted by Gasteiger charge is 2.20. The zero-order valence-electron chi connectivity index (χ0n) is 47.5. The molecule has 0 bridgehead atoms. The number of carbonyl (C=O) groups is 2. The first kappa shape index (κ1) is 68.8. The van der Waals surface area contributed by atoms with Gasteiger partial charge in [-0.2, -0.15) is 0 Å². The topological polar surface area (TPSA) is 95.9 Å².